The van der Waals surface area contributed by atoms with E-state index in [0.717, 1.165) is 48.7 Å². The smallest absolute Gasteiger partial charge is 0.229 e. The van der Waals surface area contributed by atoms with Crippen molar-refractivity contribution in [1.29, 1.82) is 0 Å². The molecule has 0 amide bonds. The lowest BCUT2D eigenvalue weighted by Crippen LogP contribution is -2.36. The highest BCUT2D eigenvalue weighted by atomic mass is 16.5. The second-order valence-electron chi connectivity index (χ2n) is 6.63. The van der Waals surface area contributed by atoms with E-state index in [4.69, 9.17) is 4.74 Å². The number of morpholine rings is 1. The van der Waals surface area contributed by atoms with Gasteiger partial charge < -0.3 is 15.0 Å². The van der Waals surface area contributed by atoms with Gasteiger partial charge in [-0.25, -0.2) is 9.67 Å². The molecule has 0 radical (unpaired) electrons. The lowest BCUT2D eigenvalue weighted by Gasteiger charge is -2.29. The Kier molecular flexibility index (Phi) is 4.34. The Morgan fingerprint density at radius 3 is 2.79 bits per heavy atom. The first-order valence-corrected chi connectivity index (χ1v) is 9.33. The van der Waals surface area contributed by atoms with Gasteiger partial charge in [-0.1, -0.05) is 24.3 Å². The number of benzene rings is 2. The summed E-state index contributed by atoms with van der Waals surface area (Å²) in [5.74, 6) is 1.26. The van der Waals surface area contributed by atoms with Crippen LogP contribution in [-0.2, 0) is 4.74 Å². The van der Waals surface area contributed by atoms with Crippen LogP contribution in [0.15, 0.2) is 67.0 Å². The van der Waals surface area contributed by atoms with Crippen LogP contribution < -0.4 is 10.2 Å². The van der Waals surface area contributed by atoms with E-state index in [1.165, 1.54) is 5.69 Å². The van der Waals surface area contributed by atoms with Crippen molar-refractivity contribution >= 4 is 28.2 Å². The predicted molar refractivity (Wildman–Crippen MR) is 109 cm³/mol. The number of aromatic nitrogens is 4. The van der Waals surface area contributed by atoms with Gasteiger partial charge in [0.2, 0.25) is 5.95 Å². The molecule has 0 atom stereocenters. The number of hydrogen-bond acceptors (Lipinski definition) is 6. The highest BCUT2D eigenvalue weighted by molar-refractivity contribution is 5.79. The van der Waals surface area contributed by atoms with Gasteiger partial charge in [-0.15, -0.1) is 0 Å². The minimum absolute atomic E-state index is 0.538. The van der Waals surface area contributed by atoms with Crippen LogP contribution >= 0.6 is 0 Å². The normalized spacial score (nSPS) is 14.4. The van der Waals surface area contributed by atoms with Crippen molar-refractivity contribution in [2.45, 2.75) is 0 Å². The molecule has 28 heavy (non-hydrogen) atoms. The van der Waals surface area contributed by atoms with E-state index in [9.17, 15) is 0 Å². The number of nitrogens with zero attached hydrogens (tertiary/aromatic N) is 5. The van der Waals surface area contributed by atoms with Gasteiger partial charge in [0, 0.05) is 42.1 Å². The molecule has 1 aliphatic heterocycles. The fourth-order valence-corrected chi connectivity index (χ4v) is 3.41. The van der Waals surface area contributed by atoms with Gasteiger partial charge in [-0.05, 0) is 24.3 Å². The third-order valence-corrected chi connectivity index (χ3v) is 4.81. The fraction of sp³-hybridized carbons (Fsp3) is 0.190. The zero-order valence-corrected chi connectivity index (χ0v) is 15.3. The molecule has 5 rings (SSSR count). The third kappa shape index (κ3) is 3.27. The van der Waals surface area contributed by atoms with Crippen molar-refractivity contribution in [3.05, 3.63) is 67.0 Å². The molecule has 0 saturated carbocycles. The molecule has 2 aromatic carbocycles. The molecule has 1 saturated heterocycles. The largest absolute Gasteiger partial charge is 0.378 e. The van der Waals surface area contributed by atoms with Crippen LogP contribution in [0.4, 0.5) is 17.3 Å². The number of para-hydroxylation sites is 1. The van der Waals surface area contributed by atoms with Crippen molar-refractivity contribution in [3.63, 3.8) is 0 Å². The van der Waals surface area contributed by atoms with Gasteiger partial charge in [0.15, 0.2) is 5.82 Å². The van der Waals surface area contributed by atoms with Gasteiger partial charge in [-0.2, -0.15) is 10.1 Å². The minimum Gasteiger partial charge on any atom is -0.378 e. The maximum Gasteiger partial charge on any atom is 0.229 e. The number of nitrogens with one attached hydrogen (secondary N) is 1. The molecule has 2 aromatic heterocycles. The second kappa shape index (κ2) is 7.28. The van der Waals surface area contributed by atoms with Crippen LogP contribution in [-0.4, -0.2) is 46.1 Å². The Labute approximate surface area is 162 Å². The van der Waals surface area contributed by atoms with E-state index in [0.29, 0.717) is 5.95 Å². The molecule has 1 N–H and O–H groups in total. The molecule has 7 nitrogen and oxygen atoms in total. The molecule has 0 bridgehead atoms. The monoisotopic (exact) mass is 372 g/mol. The van der Waals surface area contributed by atoms with Crippen molar-refractivity contribution in [2.75, 3.05) is 36.5 Å². The third-order valence-electron chi connectivity index (χ3n) is 4.81. The van der Waals surface area contributed by atoms with E-state index >= 15 is 0 Å². The lowest BCUT2D eigenvalue weighted by atomic mass is 10.2. The van der Waals surface area contributed by atoms with Crippen molar-refractivity contribution in [2.24, 2.45) is 0 Å². The summed E-state index contributed by atoms with van der Waals surface area (Å²) in [4.78, 5) is 11.3. The van der Waals surface area contributed by atoms with Crippen LogP contribution in [0, 0.1) is 0 Å². The summed E-state index contributed by atoms with van der Waals surface area (Å²) in [5.41, 5.74) is 3.13. The summed E-state index contributed by atoms with van der Waals surface area (Å²) < 4.78 is 7.27. The van der Waals surface area contributed by atoms with E-state index in [-0.39, 0.29) is 0 Å². The van der Waals surface area contributed by atoms with Crippen LogP contribution in [0.5, 0.6) is 0 Å². The molecule has 3 heterocycles. The zero-order valence-electron chi connectivity index (χ0n) is 15.3. The molecular formula is C21H20N6O. The maximum absolute atomic E-state index is 5.44. The van der Waals surface area contributed by atoms with Crippen molar-refractivity contribution < 1.29 is 4.74 Å². The summed E-state index contributed by atoms with van der Waals surface area (Å²) in [7, 11) is 0. The predicted octanol–water partition coefficient (Wildman–Crippen LogP) is 3.40. The number of fused-ring (bicyclic) bond motifs is 1. The molecular weight excluding hydrogens is 352 g/mol. The molecule has 1 aliphatic rings. The minimum atomic E-state index is 0.538. The van der Waals surface area contributed by atoms with Gasteiger partial charge in [0.25, 0.3) is 0 Å². The first kappa shape index (κ1) is 16.7. The van der Waals surface area contributed by atoms with Crippen LogP contribution in [0.25, 0.3) is 16.7 Å². The van der Waals surface area contributed by atoms with Crippen molar-refractivity contribution in [1.82, 2.24) is 19.7 Å². The Bertz CT molecular complexity index is 1100. The summed E-state index contributed by atoms with van der Waals surface area (Å²) >= 11 is 0. The Morgan fingerprint density at radius 2 is 1.86 bits per heavy atom. The first-order chi connectivity index (χ1) is 13.9. The molecule has 140 valence electrons. The topological polar surface area (TPSA) is 68.1 Å². The van der Waals surface area contributed by atoms with Gasteiger partial charge in [0.1, 0.15) is 0 Å². The lowest BCUT2D eigenvalue weighted by molar-refractivity contribution is 0.122. The average Bonchev–Trinajstić information content (AvgIpc) is 3.19. The van der Waals surface area contributed by atoms with Gasteiger partial charge >= 0.3 is 0 Å². The van der Waals surface area contributed by atoms with Crippen LogP contribution in [0.1, 0.15) is 0 Å². The highest BCUT2D eigenvalue weighted by Gasteiger charge is 2.12. The number of hydrogen-bond donors (Lipinski definition) is 1. The molecule has 0 aliphatic carbocycles. The van der Waals surface area contributed by atoms with E-state index in [1.54, 1.807) is 6.20 Å². The quantitative estimate of drug-likeness (QED) is 0.592. The standard InChI is InChI=1S/C21H20N6O/c1-2-7-19-16(4-1)15-23-27(19)20-8-9-22-21(25-20)24-17-5-3-6-18(14-17)26-10-12-28-13-11-26/h1-9,14-15H,10-13H2,(H,22,24,25). The SMILES string of the molecule is c1cc(Nc2nccc(-n3ncc4ccccc43)n2)cc(N2CCOCC2)c1. The second-order valence-corrected chi connectivity index (χ2v) is 6.63. The first-order valence-electron chi connectivity index (χ1n) is 9.33. The van der Waals surface area contributed by atoms with Crippen molar-refractivity contribution in [3.8, 4) is 5.82 Å². The van der Waals surface area contributed by atoms with Crippen LogP contribution in [0.3, 0.4) is 0 Å². The molecule has 1 fully saturated rings. The number of ether oxygens (including phenoxy) is 1. The fourth-order valence-electron chi connectivity index (χ4n) is 3.41. The molecule has 4 aromatic rings. The van der Waals surface area contributed by atoms with E-state index in [2.05, 4.69) is 37.4 Å². The van der Waals surface area contributed by atoms with Gasteiger partial charge in [0.05, 0.1) is 24.9 Å². The Morgan fingerprint density at radius 1 is 0.964 bits per heavy atom. The Hall–Kier alpha value is -3.45. The van der Waals surface area contributed by atoms with E-state index in [1.807, 2.05) is 53.3 Å². The van der Waals surface area contributed by atoms with E-state index < -0.39 is 0 Å². The summed E-state index contributed by atoms with van der Waals surface area (Å²) in [6, 6.07) is 18.2. The number of anilines is 3. The summed E-state index contributed by atoms with van der Waals surface area (Å²) in [5, 5.41) is 8.86. The number of rotatable bonds is 4. The molecule has 0 unspecified atom stereocenters. The molecule has 0 spiro atoms. The Balaban J connectivity index is 1.41. The zero-order chi connectivity index (χ0) is 18.8. The molecule has 7 heteroatoms. The maximum atomic E-state index is 5.44. The van der Waals surface area contributed by atoms with Crippen LogP contribution in [0.2, 0.25) is 0 Å². The summed E-state index contributed by atoms with van der Waals surface area (Å²) in [6.45, 7) is 3.34. The summed E-state index contributed by atoms with van der Waals surface area (Å²) in [6.07, 6.45) is 3.59. The highest BCUT2D eigenvalue weighted by Crippen LogP contribution is 2.23. The average molecular weight is 372 g/mol. The van der Waals surface area contributed by atoms with Gasteiger partial charge in [-0.3, -0.25) is 0 Å².